The molecule has 2 N–H and O–H groups in total. The zero-order valence-electron chi connectivity index (χ0n) is 20.3. The zero-order chi connectivity index (χ0) is 25.5. The zero-order valence-corrected chi connectivity index (χ0v) is 21.1. The van der Waals surface area contributed by atoms with Crippen molar-refractivity contribution in [3.8, 4) is 11.5 Å². The Morgan fingerprint density at radius 2 is 1.74 bits per heavy atom. The first-order chi connectivity index (χ1) is 16.8. The molecule has 0 aliphatic rings. The molecule has 1 aromatic carbocycles. The van der Waals surface area contributed by atoms with Crippen molar-refractivity contribution in [3.63, 3.8) is 0 Å². The molecule has 10 nitrogen and oxygen atoms in total. The fourth-order valence-corrected chi connectivity index (χ4v) is 4.42. The molecule has 0 spiro atoms. The molecule has 2 heterocycles. The van der Waals surface area contributed by atoms with Crippen LogP contribution >= 0.6 is 11.3 Å². The molecule has 3 rings (SSSR count). The highest BCUT2D eigenvalue weighted by Gasteiger charge is 2.18. The van der Waals surface area contributed by atoms with Gasteiger partial charge in [-0.15, -0.1) is 11.3 Å². The summed E-state index contributed by atoms with van der Waals surface area (Å²) in [6.45, 7) is 3.43. The summed E-state index contributed by atoms with van der Waals surface area (Å²) in [7, 11) is 3.10. The molecule has 0 aliphatic carbocycles. The van der Waals surface area contributed by atoms with E-state index in [0.717, 1.165) is 16.6 Å². The summed E-state index contributed by atoms with van der Waals surface area (Å²) in [5.74, 6) is 0.387. The van der Waals surface area contributed by atoms with E-state index in [1.165, 1.54) is 15.9 Å². The summed E-state index contributed by atoms with van der Waals surface area (Å²) in [5, 5.41) is 7.24. The van der Waals surface area contributed by atoms with Crippen LogP contribution in [-0.4, -0.2) is 47.8 Å². The SMILES string of the molecule is CCC(C)NC(=O)Cn1c(=O)n(CC(=O)NCCc2ccc(OC)c(OC)c2)c(=O)c2sccc21. The standard InChI is InChI=1S/C24H30N4O6S/c1-5-15(2)26-21(30)14-27-17-9-11-35-22(17)23(31)28(24(27)32)13-20(29)25-10-8-16-6-7-18(33-3)19(12-16)34-4/h6-7,9,11-12,15H,5,8,10,13-14H2,1-4H3,(H,25,29)(H,26,30). The van der Waals surface area contributed by atoms with Crippen LogP contribution in [-0.2, 0) is 29.1 Å². The molecule has 35 heavy (non-hydrogen) atoms. The Labute approximate surface area is 206 Å². The summed E-state index contributed by atoms with van der Waals surface area (Å²) >= 11 is 1.17. The van der Waals surface area contributed by atoms with Crippen LogP contribution in [0, 0.1) is 0 Å². The van der Waals surface area contributed by atoms with Crippen LogP contribution in [0.3, 0.4) is 0 Å². The molecule has 1 atom stereocenters. The Kier molecular flexibility index (Phi) is 8.69. The number of hydrogen-bond donors (Lipinski definition) is 2. The van der Waals surface area contributed by atoms with Crippen LogP contribution in [0.5, 0.6) is 11.5 Å². The van der Waals surface area contributed by atoms with Crippen LogP contribution in [0.15, 0.2) is 39.2 Å². The van der Waals surface area contributed by atoms with Crippen molar-refractivity contribution in [2.45, 2.75) is 45.8 Å². The minimum atomic E-state index is -0.699. The second kappa shape index (κ2) is 11.7. The molecule has 0 radical (unpaired) electrons. The van der Waals surface area contributed by atoms with E-state index in [-0.39, 0.29) is 18.5 Å². The molecule has 188 valence electrons. The summed E-state index contributed by atoms with van der Waals surface area (Å²) in [5.41, 5.74) is 0.0630. The molecule has 0 bridgehead atoms. The van der Waals surface area contributed by atoms with Crippen molar-refractivity contribution in [1.29, 1.82) is 0 Å². The maximum absolute atomic E-state index is 13.1. The summed E-state index contributed by atoms with van der Waals surface area (Å²) in [6.07, 6.45) is 1.27. The first-order valence-electron chi connectivity index (χ1n) is 11.3. The van der Waals surface area contributed by atoms with Gasteiger partial charge in [0, 0.05) is 12.6 Å². The number of carbonyl (C=O) groups excluding carboxylic acids is 2. The van der Waals surface area contributed by atoms with E-state index in [1.807, 2.05) is 26.0 Å². The first kappa shape index (κ1) is 26.0. The average molecular weight is 503 g/mol. The third-order valence-electron chi connectivity index (χ3n) is 5.64. The summed E-state index contributed by atoms with van der Waals surface area (Å²) in [6, 6.07) is 7.06. The highest BCUT2D eigenvalue weighted by Crippen LogP contribution is 2.27. The quantitative estimate of drug-likeness (QED) is 0.410. The minimum Gasteiger partial charge on any atom is -0.493 e. The van der Waals surface area contributed by atoms with Gasteiger partial charge in [-0.1, -0.05) is 13.0 Å². The Balaban J connectivity index is 1.73. The van der Waals surface area contributed by atoms with Crippen molar-refractivity contribution in [2.75, 3.05) is 20.8 Å². The number of rotatable bonds is 11. The van der Waals surface area contributed by atoms with Crippen molar-refractivity contribution in [3.05, 3.63) is 56.0 Å². The predicted octanol–water partition coefficient (Wildman–Crippen LogP) is 1.52. The van der Waals surface area contributed by atoms with Gasteiger partial charge in [0.1, 0.15) is 17.8 Å². The van der Waals surface area contributed by atoms with E-state index in [1.54, 1.807) is 31.7 Å². The van der Waals surface area contributed by atoms with Crippen LogP contribution in [0.4, 0.5) is 0 Å². The molecule has 0 saturated carbocycles. The van der Waals surface area contributed by atoms with Gasteiger partial charge in [0.05, 0.1) is 19.7 Å². The van der Waals surface area contributed by atoms with E-state index < -0.39 is 23.7 Å². The molecular formula is C24H30N4O6S. The van der Waals surface area contributed by atoms with Crippen LogP contribution in [0.2, 0.25) is 0 Å². The van der Waals surface area contributed by atoms with Gasteiger partial charge in [-0.25, -0.2) is 9.36 Å². The van der Waals surface area contributed by atoms with Gasteiger partial charge in [0.25, 0.3) is 5.56 Å². The second-order valence-corrected chi connectivity index (χ2v) is 8.98. The number of fused-ring (bicyclic) bond motifs is 1. The number of aromatic nitrogens is 2. The number of amides is 2. The fourth-order valence-electron chi connectivity index (χ4n) is 3.57. The Morgan fingerprint density at radius 1 is 1.03 bits per heavy atom. The maximum atomic E-state index is 13.1. The van der Waals surface area contributed by atoms with Gasteiger partial charge in [0.15, 0.2) is 11.5 Å². The Bertz CT molecular complexity index is 1330. The number of nitrogens with zero attached hydrogens (tertiary/aromatic N) is 2. The molecule has 11 heteroatoms. The molecule has 3 aromatic rings. The van der Waals surface area contributed by atoms with Crippen molar-refractivity contribution < 1.29 is 19.1 Å². The highest BCUT2D eigenvalue weighted by atomic mass is 32.1. The van der Waals surface area contributed by atoms with Crippen molar-refractivity contribution >= 4 is 33.4 Å². The lowest BCUT2D eigenvalue weighted by Crippen LogP contribution is -2.45. The number of methoxy groups -OCH3 is 2. The van der Waals surface area contributed by atoms with Crippen LogP contribution < -0.4 is 31.4 Å². The molecule has 0 saturated heterocycles. The summed E-state index contributed by atoms with van der Waals surface area (Å²) < 4.78 is 12.9. The molecule has 1 unspecified atom stereocenters. The van der Waals surface area contributed by atoms with Gasteiger partial charge < -0.3 is 20.1 Å². The smallest absolute Gasteiger partial charge is 0.332 e. The third kappa shape index (κ3) is 6.10. The number of benzene rings is 1. The fraction of sp³-hybridized carbons (Fsp3) is 0.417. The van der Waals surface area contributed by atoms with Gasteiger partial charge in [-0.2, -0.15) is 0 Å². The monoisotopic (exact) mass is 502 g/mol. The Hall–Kier alpha value is -3.60. The van der Waals surface area contributed by atoms with Gasteiger partial charge in [-0.3, -0.25) is 19.0 Å². The molecular weight excluding hydrogens is 472 g/mol. The van der Waals surface area contributed by atoms with E-state index in [4.69, 9.17) is 9.47 Å². The molecule has 0 fully saturated rings. The van der Waals surface area contributed by atoms with Gasteiger partial charge in [-0.05, 0) is 48.9 Å². The summed E-state index contributed by atoms with van der Waals surface area (Å²) in [4.78, 5) is 51.0. The largest absolute Gasteiger partial charge is 0.493 e. The van der Waals surface area contributed by atoms with Crippen molar-refractivity contribution in [2.24, 2.45) is 0 Å². The van der Waals surface area contributed by atoms with E-state index >= 15 is 0 Å². The second-order valence-electron chi connectivity index (χ2n) is 8.06. The average Bonchev–Trinajstić information content (AvgIpc) is 3.34. The Morgan fingerprint density at radius 3 is 2.43 bits per heavy atom. The van der Waals surface area contributed by atoms with Gasteiger partial charge >= 0.3 is 5.69 Å². The van der Waals surface area contributed by atoms with E-state index in [0.29, 0.717) is 34.7 Å². The number of hydrogen-bond acceptors (Lipinski definition) is 7. The lowest BCUT2D eigenvalue weighted by Gasteiger charge is -2.15. The lowest BCUT2D eigenvalue weighted by atomic mass is 10.1. The lowest BCUT2D eigenvalue weighted by molar-refractivity contribution is -0.122. The van der Waals surface area contributed by atoms with Crippen molar-refractivity contribution in [1.82, 2.24) is 19.8 Å². The first-order valence-corrected chi connectivity index (χ1v) is 12.1. The number of thiophene rings is 1. The molecule has 2 amide bonds. The number of nitrogens with one attached hydrogen (secondary N) is 2. The third-order valence-corrected chi connectivity index (χ3v) is 6.54. The predicted molar refractivity (Wildman–Crippen MR) is 135 cm³/mol. The maximum Gasteiger partial charge on any atom is 0.332 e. The minimum absolute atomic E-state index is 0.0430. The van der Waals surface area contributed by atoms with Gasteiger partial charge in [0.2, 0.25) is 11.8 Å². The van der Waals surface area contributed by atoms with E-state index in [2.05, 4.69) is 10.6 Å². The van der Waals surface area contributed by atoms with Crippen LogP contribution in [0.1, 0.15) is 25.8 Å². The molecule has 2 aromatic heterocycles. The molecule has 0 aliphatic heterocycles. The highest BCUT2D eigenvalue weighted by molar-refractivity contribution is 7.17. The number of ether oxygens (including phenoxy) is 2. The van der Waals surface area contributed by atoms with E-state index in [9.17, 15) is 19.2 Å². The normalized spacial score (nSPS) is 11.8. The topological polar surface area (TPSA) is 121 Å². The van der Waals surface area contributed by atoms with Crippen LogP contribution in [0.25, 0.3) is 10.2 Å². The number of carbonyl (C=O) groups is 2.